The molecule has 2 N–H and O–H groups in total. The van der Waals surface area contributed by atoms with Crippen LogP contribution in [0.4, 0.5) is 0 Å². The van der Waals surface area contributed by atoms with Gasteiger partial charge in [0.05, 0.1) is 11.1 Å². The van der Waals surface area contributed by atoms with Crippen molar-refractivity contribution < 1.29 is 19.4 Å². The van der Waals surface area contributed by atoms with E-state index in [-0.39, 0.29) is 17.4 Å². The highest BCUT2D eigenvalue weighted by molar-refractivity contribution is 6.32. The van der Waals surface area contributed by atoms with Gasteiger partial charge in [-0.25, -0.2) is 4.79 Å². The highest BCUT2D eigenvalue weighted by Gasteiger charge is 2.19. The van der Waals surface area contributed by atoms with Gasteiger partial charge in [0.1, 0.15) is 5.75 Å². The molecule has 0 saturated heterocycles. The van der Waals surface area contributed by atoms with Crippen LogP contribution >= 0.6 is 11.6 Å². The fraction of sp³-hybridized carbons (Fsp3) is 0.333. The molecule has 40 heavy (non-hydrogen) atoms. The topological polar surface area (TPSA) is 80.6 Å². The number of aromatic nitrogens is 1. The lowest BCUT2D eigenvalue weighted by Gasteiger charge is -2.21. The quantitative estimate of drug-likeness (QED) is 0.232. The molecule has 1 heterocycles. The first kappa shape index (κ1) is 29.2. The summed E-state index contributed by atoms with van der Waals surface area (Å²) in [5, 5.41) is 13.7. The van der Waals surface area contributed by atoms with Gasteiger partial charge in [-0.05, 0) is 85.7 Å². The summed E-state index contributed by atoms with van der Waals surface area (Å²) in [6.07, 6.45) is -1.01. The lowest BCUT2D eigenvalue weighted by atomic mass is 9.86. The van der Waals surface area contributed by atoms with E-state index in [1.807, 2.05) is 31.2 Å². The summed E-state index contributed by atoms with van der Waals surface area (Å²) >= 11 is 6.26. The Bertz CT molecular complexity index is 1560. The number of carbonyl (C=O) groups excluding carboxylic acids is 1. The first-order valence-corrected chi connectivity index (χ1v) is 13.8. The van der Waals surface area contributed by atoms with Gasteiger partial charge in [-0.1, -0.05) is 62.7 Å². The number of fused-ring (bicyclic) bond motifs is 1. The van der Waals surface area contributed by atoms with Crippen molar-refractivity contribution >= 4 is 34.4 Å². The second-order valence-electron chi connectivity index (χ2n) is 11.5. The largest absolute Gasteiger partial charge is 0.479 e. The maximum atomic E-state index is 13.2. The van der Waals surface area contributed by atoms with E-state index in [9.17, 15) is 14.7 Å². The number of amides is 1. The van der Waals surface area contributed by atoms with Crippen LogP contribution in [0.1, 0.15) is 79.0 Å². The minimum Gasteiger partial charge on any atom is -0.479 e. The van der Waals surface area contributed by atoms with Crippen molar-refractivity contribution in [1.29, 1.82) is 0 Å². The van der Waals surface area contributed by atoms with E-state index in [0.29, 0.717) is 22.9 Å². The average molecular weight is 561 g/mol. The number of rotatable bonds is 8. The third-order valence-electron chi connectivity index (χ3n) is 7.51. The molecule has 0 fully saturated rings. The molecule has 0 unspecified atom stereocenters. The highest BCUT2D eigenvalue weighted by Crippen LogP contribution is 2.31. The molecule has 1 aromatic heterocycles. The molecule has 1 amide bonds. The summed E-state index contributed by atoms with van der Waals surface area (Å²) in [6.45, 7) is 14.7. The molecule has 210 valence electrons. The molecule has 0 saturated carbocycles. The summed E-state index contributed by atoms with van der Waals surface area (Å²) < 4.78 is 7.73. The Hall–Kier alpha value is -3.77. The van der Waals surface area contributed by atoms with Crippen molar-refractivity contribution in [2.24, 2.45) is 0 Å². The van der Waals surface area contributed by atoms with E-state index in [1.54, 1.807) is 12.1 Å². The molecule has 0 radical (unpaired) electrons. The molecule has 0 aliphatic rings. The average Bonchev–Trinajstić information content (AvgIpc) is 3.14. The van der Waals surface area contributed by atoms with Crippen LogP contribution in [-0.2, 0) is 16.8 Å². The van der Waals surface area contributed by atoms with Crippen LogP contribution in [0.5, 0.6) is 5.75 Å². The predicted molar refractivity (Wildman–Crippen MR) is 161 cm³/mol. The first-order chi connectivity index (χ1) is 18.8. The van der Waals surface area contributed by atoms with Crippen LogP contribution in [0.2, 0.25) is 5.02 Å². The van der Waals surface area contributed by atoms with Gasteiger partial charge in [-0.3, -0.25) is 4.79 Å². The normalized spacial score (nSPS) is 13.2. The van der Waals surface area contributed by atoms with E-state index in [2.05, 4.69) is 68.8 Å². The third kappa shape index (κ3) is 6.18. The predicted octanol–water partition coefficient (Wildman–Crippen LogP) is 7.60. The van der Waals surface area contributed by atoms with Gasteiger partial charge in [0.15, 0.2) is 6.10 Å². The molecule has 4 rings (SSSR count). The smallest absolute Gasteiger partial charge is 0.344 e. The number of ether oxygens (including phenoxy) is 1. The number of carbonyl (C=O) groups is 2. The standard InChI is InChI=1S/C33H37ClN2O4/c1-19-21(3)36(18-23-8-14-28(34)30(16-23)40-22(4)32(38)39)29-15-11-25(17-27(19)29)31(37)35-20(2)24-9-12-26(13-10-24)33(5,6)7/h8-17,20,22H,18H2,1-7H3,(H,35,37)(H,38,39)/t20-,22-/m0/s1. The van der Waals surface area contributed by atoms with Crippen molar-refractivity contribution in [1.82, 2.24) is 9.88 Å². The summed E-state index contributed by atoms with van der Waals surface area (Å²) in [7, 11) is 0. The molecule has 7 heteroatoms. The number of hydrogen-bond acceptors (Lipinski definition) is 3. The number of carboxylic acids is 1. The monoisotopic (exact) mass is 560 g/mol. The summed E-state index contributed by atoms with van der Waals surface area (Å²) in [4.78, 5) is 24.4. The van der Waals surface area contributed by atoms with Crippen molar-refractivity contribution in [3.63, 3.8) is 0 Å². The van der Waals surface area contributed by atoms with Gasteiger partial charge in [0, 0.05) is 28.7 Å². The van der Waals surface area contributed by atoms with Crippen LogP contribution in [0.3, 0.4) is 0 Å². The number of hydrogen-bond donors (Lipinski definition) is 2. The van der Waals surface area contributed by atoms with Gasteiger partial charge in [0.2, 0.25) is 0 Å². The molecule has 4 aromatic rings. The molecule has 2 atom stereocenters. The minimum absolute atomic E-state index is 0.0787. The van der Waals surface area contributed by atoms with Crippen LogP contribution in [0.25, 0.3) is 10.9 Å². The zero-order chi connectivity index (χ0) is 29.4. The lowest BCUT2D eigenvalue weighted by molar-refractivity contribution is -0.144. The van der Waals surface area contributed by atoms with Gasteiger partial charge < -0.3 is 19.7 Å². The minimum atomic E-state index is -1.06. The maximum Gasteiger partial charge on any atom is 0.344 e. The Balaban J connectivity index is 1.56. The number of benzene rings is 3. The summed E-state index contributed by atoms with van der Waals surface area (Å²) in [5.41, 5.74) is 7.11. The fourth-order valence-corrected chi connectivity index (χ4v) is 4.95. The lowest BCUT2D eigenvalue weighted by Crippen LogP contribution is -2.26. The van der Waals surface area contributed by atoms with Crippen LogP contribution < -0.4 is 10.1 Å². The molecular formula is C33H37ClN2O4. The second-order valence-corrected chi connectivity index (χ2v) is 11.9. The molecule has 0 bridgehead atoms. The Morgan fingerprint density at radius 3 is 2.30 bits per heavy atom. The highest BCUT2D eigenvalue weighted by atomic mass is 35.5. The maximum absolute atomic E-state index is 13.2. The SMILES string of the molecule is Cc1c(C)n(Cc2ccc(Cl)c(O[C@@H](C)C(=O)O)c2)c2ccc(C(=O)N[C@@H](C)c3ccc(C(C)(C)C)cc3)cc12. The van der Waals surface area contributed by atoms with E-state index in [1.165, 1.54) is 12.5 Å². The van der Waals surface area contributed by atoms with Gasteiger partial charge in [-0.15, -0.1) is 0 Å². The number of aryl methyl sites for hydroxylation is 1. The van der Waals surface area contributed by atoms with Crippen molar-refractivity contribution in [3.05, 3.63) is 99.2 Å². The molecule has 3 aromatic carbocycles. The molecular weight excluding hydrogens is 524 g/mol. The number of aliphatic carboxylic acids is 1. The van der Waals surface area contributed by atoms with Crippen LogP contribution in [0.15, 0.2) is 60.7 Å². The molecule has 0 spiro atoms. The number of nitrogens with one attached hydrogen (secondary N) is 1. The number of nitrogens with zero attached hydrogens (tertiary/aromatic N) is 1. The first-order valence-electron chi connectivity index (χ1n) is 13.4. The summed E-state index contributed by atoms with van der Waals surface area (Å²) in [6, 6.07) is 19.5. The van der Waals surface area contributed by atoms with Crippen LogP contribution in [0, 0.1) is 13.8 Å². The second kappa shape index (κ2) is 11.4. The fourth-order valence-electron chi connectivity index (χ4n) is 4.79. The van der Waals surface area contributed by atoms with Gasteiger partial charge >= 0.3 is 5.97 Å². The number of halogens is 1. The van der Waals surface area contributed by atoms with Crippen molar-refractivity contribution in [2.75, 3.05) is 0 Å². The Morgan fingerprint density at radius 1 is 1.00 bits per heavy atom. The van der Waals surface area contributed by atoms with E-state index < -0.39 is 12.1 Å². The van der Waals surface area contributed by atoms with Crippen LogP contribution in [-0.4, -0.2) is 27.7 Å². The van der Waals surface area contributed by atoms with E-state index >= 15 is 0 Å². The van der Waals surface area contributed by atoms with Crippen molar-refractivity contribution in [3.8, 4) is 5.75 Å². The van der Waals surface area contributed by atoms with Crippen molar-refractivity contribution in [2.45, 2.75) is 72.6 Å². The molecule has 0 aliphatic carbocycles. The Kier molecular flexibility index (Phi) is 8.31. The molecule has 6 nitrogen and oxygen atoms in total. The Morgan fingerprint density at radius 2 is 1.68 bits per heavy atom. The van der Waals surface area contributed by atoms with E-state index in [4.69, 9.17) is 16.3 Å². The third-order valence-corrected chi connectivity index (χ3v) is 7.83. The number of carboxylic acid groups (broad SMARTS) is 1. The van der Waals surface area contributed by atoms with Gasteiger partial charge in [0.25, 0.3) is 5.91 Å². The Labute approximate surface area is 240 Å². The van der Waals surface area contributed by atoms with E-state index in [0.717, 1.165) is 33.3 Å². The summed E-state index contributed by atoms with van der Waals surface area (Å²) in [5.74, 6) is -0.843. The zero-order valence-corrected chi connectivity index (χ0v) is 24.9. The zero-order valence-electron chi connectivity index (χ0n) is 24.1. The van der Waals surface area contributed by atoms with Gasteiger partial charge in [-0.2, -0.15) is 0 Å². The molecule has 0 aliphatic heterocycles.